The van der Waals surface area contributed by atoms with Crippen molar-refractivity contribution in [3.05, 3.63) is 0 Å². The van der Waals surface area contributed by atoms with E-state index in [1.165, 1.54) is 51.4 Å². The van der Waals surface area contributed by atoms with Crippen molar-refractivity contribution in [3.8, 4) is 0 Å². The quantitative estimate of drug-likeness (QED) is 0.804. The fraction of sp³-hybridized carbons (Fsp3) is 1.00. The van der Waals surface area contributed by atoms with Gasteiger partial charge >= 0.3 is 0 Å². The molecule has 21 heavy (non-hydrogen) atoms. The third-order valence-corrected chi connectivity index (χ3v) is 7.12. The van der Waals surface area contributed by atoms with Crippen LogP contribution in [0.5, 0.6) is 0 Å². The molecule has 1 aliphatic heterocycles. The molecule has 2 rings (SSSR count). The second kappa shape index (κ2) is 6.58. The van der Waals surface area contributed by atoms with E-state index in [0.29, 0.717) is 11.0 Å². The first-order valence-electron chi connectivity index (χ1n) is 9.38. The van der Waals surface area contributed by atoms with Crippen molar-refractivity contribution in [1.29, 1.82) is 0 Å². The highest BCUT2D eigenvalue weighted by atomic mass is 15.3. The van der Waals surface area contributed by atoms with Crippen LogP contribution in [0.1, 0.15) is 86.0 Å². The van der Waals surface area contributed by atoms with Crippen LogP contribution in [0.3, 0.4) is 0 Å². The fourth-order valence-corrected chi connectivity index (χ4v) is 5.12. The van der Waals surface area contributed by atoms with Gasteiger partial charge in [-0.05, 0) is 63.2 Å². The van der Waals surface area contributed by atoms with E-state index >= 15 is 0 Å². The Hall–Kier alpha value is -0.0800. The fourth-order valence-electron chi connectivity index (χ4n) is 5.12. The summed E-state index contributed by atoms with van der Waals surface area (Å²) in [6, 6.07) is 1.51. The van der Waals surface area contributed by atoms with E-state index in [2.05, 4.69) is 39.5 Å². The lowest BCUT2D eigenvalue weighted by atomic mass is 9.65. The van der Waals surface area contributed by atoms with E-state index in [0.717, 1.165) is 24.5 Å². The lowest BCUT2D eigenvalue weighted by Gasteiger charge is -2.52. The SMILES string of the molecule is CCC1CCC(C)N1C1(CN)CCC(C(C)(C)CC)CC1. The van der Waals surface area contributed by atoms with Crippen molar-refractivity contribution in [1.82, 2.24) is 4.90 Å². The van der Waals surface area contributed by atoms with Gasteiger partial charge in [0.1, 0.15) is 0 Å². The summed E-state index contributed by atoms with van der Waals surface area (Å²) in [6.45, 7) is 12.9. The molecule has 2 heteroatoms. The monoisotopic (exact) mass is 294 g/mol. The number of hydrogen-bond donors (Lipinski definition) is 1. The third kappa shape index (κ3) is 3.17. The predicted octanol–water partition coefficient (Wildman–Crippen LogP) is 4.57. The summed E-state index contributed by atoms with van der Waals surface area (Å²) in [5, 5.41) is 0. The first-order valence-corrected chi connectivity index (χ1v) is 9.38. The molecular weight excluding hydrogens is 256 g/mol. The van der Waals surface area contributed by atoms with Crippen molar-refractivity contribution in [2.45, 2.75) is 104 Å². The smallest absolute Gasteiger partial charge is 0.0337 e. The maximum absolute atomic E-state index is 6.34. The minimum absolute atomic E-state index is 0.302. The van der Waals surface area contributed by atoms with Crippen LogP contribution in [-0.4, -0.2) is 29.1 Å². The number of hydrogen-bond acceptors (Lipinski definition) is 2. The normalized spacial score (nSPS) is 38.9. The van der Waals surface area contributed by atoms with E-state index in [-0.39, 0.29) is 0 Å². The molecule has 2 unspecified atom stereocenters. The van der Waals surface area contributed by atoms with Crippen molar-refractivity contribution in [2.24, 2.45) is 17.1 Å². The highest BCUT2D eigenvalue weighted by molar-refractivity contribution is 5.03. The molecule has 1 heterocycles. The molecule has 0 aromatic rings. The van der Waals surface area contributed by atoms with Crippen LogP contribution < -0.4 is 5.73 Å². The maximum atomic E-state index is 6.34. The Morgan fingerprint density at radius 2 is 1.71 bits per heavy atom. The molecule has 0 spiro atoms. The maximum Gasteiger partial charge on any atom is 0.0337 e. The number of rotatable bonds is 5. The zero-order chi connectivity index (χ0) is 15.7. The zero-order valence-electron chi connectivity index (χ0n) is 15.1. The Morgan fingerprint density at radius 3 is 2.19 bits per heavy atom. The molecule has 2 fully saturated rings. The van der Waals surface area contributed by atoms with Crippen molar-refractivity contribution < 1.29 is 0 Å². The molecule has 1 saturated carbocycles. The van der Waals surface area contributed by atoms with Crippen LogP contribution in [0.2, 0.25) is 0 Å². The first kappa shape index (κ1) is 17.3. The van der Waals surface area contributed by atoms with Crippen LogP contribution in [0.15, 0.2) is 0 Å². The molecule has 2 aliphatic rings. The summed E-state index contributed by atoms with van der Waals surface area (Å²) in [6.07, 6.45) is 10.7. The molecule has 0 bridgehead atoms. The Bertz CT molecular complexity index is 328. The zero-order valence-corrected chi connectivity index (χ0v) is 15.1. The van der Waals surface area contributed by atoms with Gasteiger partial charge in [-0.25, -0.2) is 0 Å². The first-order chi connectivity index (χ1) is 9.90. The highest BCUT2D eigenvalue weighted by Gasteiger charge is 2.47. The van der Waals surface area contributed by atoms with E-state index in [1.54, 1.807) is 0 Å². The number of likely N-dealkylation sites (tertiary alicyclic amines) is 1. The molecule has 2 atom stereocenters. The summed E-state index contributed by atoms with van der Waals surface area (Å²) in [5.41, 5.74) is 7.15. The van der Waals surface area contributed by atoms with Gasteiger partial charge in [-0.1, -0.05) is 34.1 Å². The average Bonchev–Trinajstić information content (AvgIpc) is 2.88. The van der Waals surface area contributed by atoms with E-state index in [1.807, 2.05) is 0 Å². The van der Waals surface area contributed by atoms with Crippen LogP contribution in [0, 0.1) is 11.3 Å². The largest absolute Gasteiger partial charge is 0.329 e. The second-order valence-corrected chi connectivity index (χ2v) is 8.44. The Morgan fingerprint density at radius 1 is 1.10 bits per heavy atom. The summed E-state index contributed by atoms with van der Waals surface area (Å²) in [7, 11) is 0. The third-order valence-electron chi connectivity index (χ3n) is 7.12. The summed E-state index contributed by atoms with van der Waals surface area (Å²) < 4.78 is 0. The number of nitrogens with two attached hydrogens (primary N) is 1. The highest BCUT2D eigenvalue weighted by Crippen LogP contribution is 2.47. The Balaban J connectivity index is 2.11. The van der Waals surface area contributed by atoms with E-state index in [4.69, 9.17) is 5.73 Å². The van der Waals surface area contributed by atoms with Crippen molar-refractivity contribution >= 4 is 0 Å². The average molecular weight is 295 g/mol. The molecule has 0 radical (unpaired) electrons. The predicted molar refractivity (Wildman–Crippen MR) is 92.4 cm³/mol. The van der Waals surface area contributed by atoms with Gasteiger partial charge < -0.3 is 5.73 Å². The van der Waals surface area contributed by atoms with Crippen LogP contribution in [0.25, 0.3) is 0 Å². The van der Waals surface area contributed by atoms with Gasteiger partial charge in [0.25, 0.3) is 0 Å². The molecule has 0 aromatic carbocycles. The van der Waals surface area contributed by atoms with Gasteiger partial charge in [-0.2, -0.15) is 0 Å². The van der Waals surface area contributed by atoms with Crippen LogP contribution in [0.4, 0.5) is 0 Å². The number of nitrogens with zero attached hydrogens (tertiary/aromatic N) is 1. The molecule has 2 N–H and O–H groups in total. The standard InChI is InChI=1S/C19H38N2/c1-6-17-9-8-15(3)21(17)19(14-20)12-10-16(11-13-19)18(4,5)7-2/h15-17H,6-14,20H2,1-5H3. The molecule has 2 nitrogen and oxygen atoms in total. The minimum Gasteiger partial charge on any atom is -0.329 e. The lowest BCUT2D eigenvalue weighted by molar-refractivity contribution is -0.0120. The van der Waals surface area contributed by atoms with Gasteiger partial charge in [-0.15, -0.1) is 0 Å². The van der Waals surface area contributed by atoms with E-state index in [9.17, 15) is 0 Å². The minimum atomic E-state index is 0.302. The topological polar surface area (TPSA) is 29.3 Å². The van der Waals surface area contributed by atoms with Crippen molar-refractivity contribution in [3.63, 3.8) is 0 Å². The van der Waals surface area contributed by atoms with Crippen molar-refractivity contribution in [2.75, 3.05) is 6.54 Å². The molecule has 0 amide bonds. The van der Waals surface area contributed by atoms with Gasteiger partial charge in [-0.3, -0.25) is 4.90 Å². The lowest BCUT2D eigenvalue weighted by Crippen LogP contribution is -2.59. The summed E-state index contributed by atoms with van der Waals surface area (Å²) in [5.74, 6) is 0.889. The molecule has 124 valence electrons. The second-order valence-electron chi connectivity index (χ2n) is 8.44. The van der Waals surface area contributed by atoms with Gasteiger partial charge in [0.05, 0.1) is 0 Å². The summed E-state index contributed by atoms with van der Waals surface area (Å²) >= 11 is 0. The van der Waals surface area contributed by atoms with E-state index < -0.39 is 0 Å². The molecule has 1 aliphatic carbocycles. The molecule has 0 aromatic heterocycles. The Kier molecular flexibility index (Phi) is 5.41. The van der Waals surface area contributed by atoms with Crippen LogP contribution >= 0.6 is 0 Å². The molecule has 1 saturated heterocycles. The van der Waals surface area contributed by atoms with Gasteiger partial charge in [0.2, 0.25) is 0 Å². The van der Waals surface area contributed by atoms with Gasteiger partial charge in [0, 0.05) is 24.2 Å². The van der Waals surface area contributed by atoms with Gasteiger partial charge in [0.15, 0.2) is 0 Å². The molecular formula is C19H38N2. The Labute approximate surface area is 132 Å². The van der Waals surface area contributed by atoms with Crippen LogP contribution in [-0.2, 0) is 0 Å². The summed E-state index contributed by atoms with van der Waals surface area (Å²) in [4.78, 5) is 2.85.